The lowest BCUT2D eigenvalue weighted by molar-refractivity contribution is -0.325. The Labute approximate surface area is 102 Å². The van der Waals surface area contributed by atoms with Crippen LogP contribution < -0.4 is 0 Å². The monoisotopic (exact) mass is 240 g/mol. The predicted molar refractivity (Wildman–Crippen MR) is 64.1 cm³/mol. The summed E-state index contributed by atoms with van der Waals surface area (Å²) in [6.45, 7) is 4.71. The molecule has 4 nitrogen and oxygen atoms in total. The van der Waals surface area contributed by atoms with Crippen LogP contribution in [0.4, 0.5) is 0 Å². The van der Waals surface area contributed by atoms with Gasteiger partial charge in [-0.05, 0) is 26.3 Å². The third kappa shape index (κ3) is 5.28. The number of aliphatic hydroxyl groups is 2. The second kappa shape index (κ2) is 6.12. The Morgan fingerprint density at radius 1 is 1.06 bits per heavy atom. The predicted octanol–water partition coefficient (Wildman–Crippen LogP) is 1.66. The van der Waals surface area contributed by atoms with Gasteiger partial charge in [0.1, 0.15) is 0 Å². The van der Waals surface area contributed by atoms with E-state index in [1.165, 1.54) is 13.8 Å². The lowest BCUT2D eigenvalue weighted by Gasteiger charge is -2.32. The maximum absolute atomic E-state index is 9.30. The van der Waals surface area contributed by atoms with E-state index in [1.54, 1.807) is 6.92 Å². The Balaban J connectivity index is 2.76. The van der Waals surface area contributed by atoms with Crippen LogP contribution in [0, 0.1) is 0 Å². The molecule has 2 N–H and O–H groups in total. The van der Waals surface area contributed by atoms with Gasteiger partial charge in [0.2, 0.25) is 0 Å². The van der Waals surface area contributed by atoms with Crippen molar-refractivity contribution in [2.45, 2.75) is 45.6 Å². The van der Waals surface area contributed by atoms with E-state index in [0.29, 0.717) is 6.42 Å². The molecular formula is C13H20O4. The van der Waals surface area contributed by atoms with Crippen LogP contribution >= 0.6 is 0 Å². The smallest absolute Gasteiger partial charge is 0.175 e. The maximum atomic E-state index is 9.30. The summed E-state index contributed by atoms with van der Waals surface area (Å²) in [6, 6.07) is 9.64. The van der Waals surface area contributed by atoms with E-state index in [2.05, 4.69) is 0 Å². The third-order valence-corrected chi connectivity index (χ3v) is 2.21. The summed E-state index contributed by atoms with van der Waals surface area (Å²) in [4.78, 5) is 0. The molecule has 0 bridgehead atoms. The van der Waals surface area contributed by atoms with E-state index in [-0.39, 0.29) is 0 Å². The second-order valence-corrected chi connectivity index (χ2v) is 4.23. The highest BCUT2D eigenvalue weighted by atomic mass is 16.8. The fourth-order valence-electron chi connectivity index (χ4n) is 1.80. The summed E-state index contributed by atoms with van der Waals surface area (Å²) >= 11 is 0. The largest absolute Gasteiger partial charge is 0.368 e. The lowest BCUT2D eigenvalue weighted by atomic mass is 10.1. The molecule has 0 radical (unpaired) electrons. The number of aliphatic hydroxyl groups excluding tert-OH is 2. The molecule has 2 atom stereocenters. The van der Waals surface area contributed by atoms with Gasteiger partial charge in [0.05, 0.1) is 0 Å². The van der Waals surface area contributed by atoms with Crippen molar-refractivity contribution in [3.05, 3.63) is 35.9 Å². The van der Waals surface area contributed by atoms with E-state index in [9.17, 15) is 10.2 Å². The normalized spacial score (nSPS) is 18.4. The molecule has 1 aromatic carbocycles. The van der Waals surface area contributed by atoms with E-state index < -0.39 is 18.4 Å². The minimum atomic E-state index is -1.05. The molecule has 0 heterocycles. The number of ether oxygens (including phenoxy) is 2. The lowest BCUT2D eigenvalue weighted by Crippen LogP contribution is -2.40. The number of hydrogen-bond donors (Lipinski definition) is 2. The van der Waals surface area contributed by atoms with Crippen molar-refractivity contribution < 1.29 is 19.7 Å². The average Bonchev–Trinajstić information content (AvgIpc) is 2.15. The van der Waals surface area contributed by atoms with Crippen molar-refractivity contribution in [3.8, 4) is 0 Å². The van der Waals surface area contributed by atoms with Crippen LogP contribution in [-0.2, 0) is 15.9 Å². The SMILES string of the molecule is CC(O)OC(C)(Cc1ccccc1)OC(C)O. The first-order valence-corrected chi connectivity index (χ1v) is 5.67. The molecule has 0 spiro atoms. The van der Waals surface area contributed by atoms with Crippen molar-refractivity contribution in [2.24, 2.45) is 0 Å². The van der Waals surface area contributed by atoms with Crippen LogP contribution in [0.3, 0.4) is 0 Å². The molecule has 0 aromatic heterocycles. The highest BCUT2D eigenvalue weighted by Crippen LogP contribution is 2.22. The van der Waals surface area contributed by atoms with Crippen molar-refractivity contribution >= 4 is 0 Å². The molecule has 0 saturated heterocycles. The number of rotatable bonds is 6. The fraction of sp³-hybridized carbons (Fsp3) is 0.538. The molecule has 2 unspecified atom stereocenters. The standard InChI is InChI=1S/C13H20O4/c1-10(14)16-13(3,17-11(2)15)9-12-7-5-4-6-8-12/h4-8,10-11,14-15H,9H2,1-3H3. The van der Waals surface area contributed by atoms with Crippen molar-refractivity contribution in [1.29, 1.82) is 0 Å². The molecule has 1 rings (SSSR count). The molecule has 0 amide bonds. The van der Waals surface area contributed by atoms with Crippen LogP contribution in [0.1, 0.15) is 26.3 Å². The van der Waals surface area contributed by atoms with E-state index in [4.69, 9.17) is 9.47 Å². The van der Waals surface area contributed by atoms with Gasteiger partial charge in [-0.25, -0.2) is 0 Å². The van der Waals surface area contributed by atoms with Crippen LogP contribution in [0.25, 0.3) is 0 Å². The first-order valence-electron chi connectivity index (χ1n) is 5.67. The first kappa shape index (κ1) is 14.1. The molecule has 4 heteroatoms. The van der Waals surface area contributed by atoms with Crippen LogP contribution in [0.2, 0.25) is 0 Å². The molecular weight excluding hydrogens is 220 g/mol. The van der Waals surface area contributed by atoms with Gasteiger partial charge in [-0.2, -0.15) is 0 Å². The zero-order valence-electron chi connectivity index (χ0n) is 10.5. The van der Waals surface area contributed by atoms with E-state index in [1.807, 2.05) is 30.3 Å². The summed E-state index contributed by atoms with van der Waals surface area (Å²) in [5.41, 5.74) is 1.01. The van der Waals surface area contributed by atoms with Crippen molar-refractivity contribution in [3.63, 3.8) is 0 Å². The van der Waals surface area contributed by atoms with Gasteiger partial charge in [-0.1, -0.05) is 30.3 Å². The molecule has 17 heavy (non-hydrogen) atoms. The zero-order chi connectivity index (χ0) is 12.9. The fourth-order valence-corrected chi connectivity index (χ4v) is 1.80. The Bertz CT molecular complexity index is 311. The van der Waals surface area contributed by atoms with Crippen molar-refractivity contribution in [1.82, 2.24) is 0 Å². The molecule has 1 aromatic rings. The Morgan fingerprint density at radius 3 is 1.94 bits per heavy atom. The van der Waals surface area contributed by atoms with Crippen LogP contribution in [-0.4, -0.2) is 28.6 Å². The summed E-state index contributed by atoms with van der Waals surface area (Å²) in [5.74, 6) is -1.05. The molecule has 0 aliphatic carbocycles. The molecule has 0 aliphatic heterocycles. The van der Waals surface area contributed by atoms with Gasteiger partial charge < -0.3 is 19.7 Å². The van der Waals surface area contributed by atoms with Gasteiger partial charge in [0, 0.05) is 6.42 Å². The minimum absolute atomic E-state index is 0.448. The quantitative estimate of drug-likeness (QED) is 0.742. The number of benzene rings is 1. The topological polar surface area (TPSA) is 58.9 Å². The average molecular weight is 240 g/mol. The molecule has 0 saturated carbocycles. The third-order valence-electron chi connectivity index (χ3n) is 2.21. The van der Waals surface area contributed by atoms with Crippen LogP contribution in [0.15, 0.2) is 30.3 Å². The minimum Gasteiger partial charge on any atom is -0.368 e. The van der Waals surface area contributed by atoms with E-state index in [0.717, 1.165) is 5.56 Å². The maximum Gasteiger partial charge on any atom is 0.175 e. The van der Waals surface area contributed by atoms with Gasteiger partial charge in [-0.3, -0.25) is 0 Å². The van der Waals surface area contributed by atoms with Gasteiger partial charge >= 0.3 is 0 Å². The Morgan fingerprint density at radius 2 is 1.53 bits per heavy atom. The molecule has 96 valence electrons. The highest BCUT2D eigenvalue weighted by molar-refractivity contribution is 5.16. The summed E-state index contributed by atoms with van der Waals surface area (Å²) < 4.78 is 10.7. The highest BCUT2D eigenvalue weighted by Gasteiger charge is 2.30. The Hall–Kier alpha value is -0.940. The van der Waals surface area contributed by atoms with Gasteiger partial charge in [0.25, 0.3) is 0 Å². The summed E-state index contributed by atoms with van der Waals surface area (Å²) in [5, 5.41) is 18.6. The zero-order valence-corrected chi connectivity index (χ0v) is 10.5. The van der Waals surface area contributed by atoms with Crippen molar-refractivity contribution in [2.75, 3.05) is 0 Å². The number of hydrogen-bond acceptors (Lipinski definition) is 4. The van der Waals surface area contributed by atoms with Gasteiger partial charge in [0.15, 0.2) is 18.4 Å². The van der Waals surface area contributed by atoms with Gasteiger partial charge in [-0.15, -0.1) is 0 Å². The molecule has 0 aliphatic rings. The summed E-state index contributed by atoms with van der Waals surface area (Å²) in [7, 11) is 0. The van der Waals surface area contributed by atoms with E-state index >= 15 is 0 Å². The summed E-state index contributed by atoms with van der Waals surface area (Å²) in [6.07, 6.45) is -1.46. The first-order chi connectivity index (χ1) is 7.91. The molecule has 0 fully saturated rings. The Kier molecular flexibility index (Phi) is 5.08. The van der Waals surface area contributed by atoms with Crippen LogP contribution in [0.5, 0.6) is 0 Å². The second-order valence-electron chi connectivity index (χ2n) is 4.23.